The molecule has 0 bridgehead atoms. The minimum Gasteiger partial charge on any atom is -0.505 e. The number of ether oxygens (including phenoxy) is 1. The van der Waals surface area contributed by atoms with Gasteiger partial charge in [0.2, 0.25) is 0 Å². The molecule has 0 aliphatic heterocycles. The molecular formula is C11H14FNO2. The Morgan fingerprint density at radius 2 is 2.13 bits per heavy atom. The Kier molecular flexibility index (Phi) is 2.31. The highest BCUT2D eigenvalue weighted by Crippen LogP contribution is 2.42. The molecule has 1 fully saturated rings. The van der Waals surface area contributed by atoms with Crippen LogP contribution >= 0.6 is 0 Å². The third-order valence-electron chi connectivity index (χ3n) is 3.04. The molecule has 0 atom stereocenters. The first kappa shape index (κ1) is 10.2. The molecule has 82 valence electrons. The average molecular weight is 211 g/mol. The number of aromatic hydroxyl groups is 1. The lowest BCUT2D eigenvalue weighted by molar-refractivity contribution is 0.241. The summed E-state index contributed by atoms with van der Waals surface area (Å²) in [6, 6.07) is 2.81. The largest absolute Gasteiger partial charge is 0.505 e. The first-order valence-corrected chi connectivity index (χ1v) is 4.93. The number of nitrogens with two attached hydrogens (primary N) is 1. The summed E-state index contributed by atoms with van der Waals surface area (Å²) < 4.78 is 18.6. The van der Waals surface area contributed by atoms with Crippen LogP contribution in [0, 0.1) is 5.82 Å². The van der Waals surface area contributed by atoms with Crippen LogP contribution in [-0.4, -0.2) is 12.2 Å². The van der Waals surface area contributed by atoms with Crippen molar-refractivity contribution in [2.24, 2.45) is 5.73 Å². The standard InChI is InChI=1S/C11H14FNO2/c1-15-7-5-8(10(12)9(14)6-7)11(13)3-2-4-11/h5-6,14H,2-4,13H2,1H3. The highest BCUT2D eigenvalue weighted by Gasteiger charge is 2.37. The predicted octanol–water partition coefficient (Wildman–Crippen LogP) is 1.88. The molecule has 2 rings (SSSR count). The molecule has 1 aromatic rings. The normalized spacial score (nSPS) is 18.3. The predicted molar refractivity (Wildman–Crippen MR) is 54.3 cm³/mol. The van der Waals surface area contributed by atoms with Gasteiger partial charge in [-0.05, 0) is 25.3 Å². The maximum absolute atomic E-state index is 13.6. The van der Waals surface area contributed by atoms with Crippen molar-refractivity contribution in [3.05, 3.63) is 23.5 Å². The van der Waals surface area contributed by atoms with Crippen molar-refractivity contribution in [3.63, 3.8) is 0 Å². The fraction of sp³-hybridized carbons (Fsp3) is 0.455. The Morgan fingerprint density at radius 1 is 1.47 bits per heavy atom. The van der Waals surface area contributed by atoms with E-state index in [0.29, 0.717) is 11.3 Å². The Bertz CT molecular complexity index is 388. The Hall–Kier alpha value is -1.29. The Morgan fingerprint density at radius 3 is 2.60 bits per heavy atom. The minimum atomic E-state index is -0.629. The molecule has 1 aromatic carbocycles. The van der Waals surface area contributed by atoms with Crippen LogP contribution in [0.1, 0.15) is 24.8 Å². The van der Waals surface area contributed by atoms with E-state index >= 15 is 0 Å². The van der Waals surface area contributed by atoms with Gasteiger partial charge in [0.25, 0.3) is 0 Å². The fourth-order valence-electron chi connectivity index (χ4n) is 1.89. The number of phenolic OH excluding ortho intramolecular Hbond substituents is 1. The van der Waals surface area contributed by atoms with Crippen molar-refractivity contribution in [1.29, 1.82) is 0 Å². The number of benzene rings is 1. The summed E-state index contributed by atoms with van der Waals surface area (Å²) in [4.78, 5) is 0. The van der Waals surface area contributed by atoms with E-state index in [-0.39, 0.29) is 0 Å². The number of hydrogen-bond donors (Lipinski definition) is 2. The molecule has 0 radical (unpaired) electrons. The van der Waals surface area contributed by atoms with E-state index in [1.807, 2.05) is 0 Å². The van der Waals surface area contributed by atoms with E-state index in [9.17, 15) is 9.50 Å². The second-order valence-electron chi connectivity index (χ2n) is 4.02. The van der Waals surface area contributed by atoms with Gasteiger partial charge in [-0.15, -0.1) is 0 Å². The van der Waals surface area contributed by atoms with Crippen molar-refractivity contribution in [2.75, 3.05) is 7.11 Å². The van der Waals surface area contributed by atoms with E-state index in [2.05, 4.69) is 0 Å². The molecule has 3 N–H and O–H groups in total. The van der Waals surface area contributed by atoms with E-state index in [4.69, 9.17) is 10.5 Å². The molecule has 0 saturated heterocycles. The van der Waals surface area contributed by atoms with Gasteiger partial charge >= 0.3 is 0 Å². The topological polar surface area (TPSA) is 55.5 Å². The van der Waals surface area contributed by atoms with E-state index in [0.717, 1.165) is 19.3 Å². The lowest BCUT2D eigenvalue weighted by Crippen LogP contribution is -2.44. The number of methoxy groups -OCH3 is 1. The summed E-state index contributed by atoms with van der Waals surface area (Å²) in [6.07, 6.45) is 2.49. The second kappa shape index (κ2) is 3.38. The van der Waals surface area contributed by atoms with Crippen LogP contribution in [-0.2, 0) is 5.54 Å². The molecular weight excluding hydrogens is 197 g/mol. The molecule has 3 nitrogen and oxygen atoms in total. The molecule has 4 heteroatoms. The van der Waals surface area contributed by atoms with Crippen molar-refractivity contribution in [3.8, 4) is 11.5 Å². The minimum absolute atomic E-state index is 0.352. The summed E-state index contributed by atoms with van der Waals surface area (Å²) in [5.41, 5.74) is 5.73. The van der Waals surface area contributed by atoms with Crippen LogP contribution in [0.5, 0.6) is 11.5 Å². The highest BCUT2D eigenvalue weighted by molar-refractivity contribution is 5.43. The zero-order chi connectivity index (χ0) is 11.1. The van der Waals surface area contributed by atoms with Gasteiger partial charge in [-0.3, -0.25) is 0 Å². The van der Waals surface area contributed by atoms with Crippen LogP contribution in [0.4, 0.5) is 4.39 Å². The number of halogens is 1. The molecule has 0 spiro atoms. The molecule has 15 heavy (non-hydrogen) atoms. The van der Waals surface area contributed by atoms with Crippen molar-refractivity contribution in [2.45, 2.75) is 24.8 Å². The van der Waals surface area contributed by atoms with Crippen LogP contribution in [0.2, 0.25) is 0 Å². The highest BCUT2D eigenvalue weighted by atomic mass is 19.1. The van der Waals surface area contributed by atoms with Gasteiger partial charge in [0.05, 0.1) is 7.11 Å². The summed E-state index contributed by atoms with van der Waals surface area (Å²) in [5, 5.41) is 9.38. The lowest BCUT2D eigenvalue weighted by atomic mass is 9.72. The fourth-order valence-corrected chi connectivity index (χ4v) is 1.89. The Labute approximate surface area is 87.7 Å². The summed E-state index contributed by atoms with van der Waals surface area (Å²) in [6.45, 7) is 0. The SMILES string of the molecule is COc1cc(O)c(F)c(C2(N)CCC2)c1. The van der Waals surface area contributed by atoms with Crippen molar-refractivity contribution in [1.82, 2.24) is 0 Å². The van der Waals surface area contributed by atoms with E-state index in [1.54, 1.807) is 6.07 Å². The van der Waals surface area contributed by atoms with Gasteiger partial charge < -0.3 is 15.6 Å². The first-order chi connectivity index (χ1) is 7.07. The van der Waals surface area contributed by atoms with Crippen molar-refractivity contribution < 1.29 is 14.2 Å². The van der Waals surface area contributed by atoms with E-state index in [1.165, 1.54) is 13.2 Å². The zero-order valence-corrected chi connectivity index (χ0v) is 8.59. The summed E-state index contributed by atoms with van der Waals surface area (Å²) in [5.74, 6) is -0.597. The van der Waals surface area contributed by atoms with Crippen LogP contribution in [0.15, 0.2) is 12.1 Å². The number of hydrogen-bond acceptors (Lipinski definition) is 3. The maximum atomic E-state index is 13.6. The zero-order valence-electron chi connectivity index (χ0n) is 8.59. The maximum Gasteiger partial charge on any atom is 0.170 e. The summed E-state index contributed by atoms with van der Waals surface area (Å²) in [7, 11) is 1.47. The molecule has 1 aliphatic carbocycles. The van der Waals surface area contributed by atoms with Crippen LogP contribution < -0.4 is 10.5 Å². The monoisotopic (exact) mass is 211 g/mol. The van der Waals surface area contributed by atoms with Gasteiger partial charge in [-0.25, -0.2) is 4.39 Å². The summed E-state index contributed by atoms with van der Waals surface area (Å²) >= 11 is 0. The van der Waals surface area contributed by atoms with Crippen LogP contribution in [0.25, 0.3) is 0 Å². The van der Waals surface area contributed by atoms with Gasteiger partial charge in [0.1, 0.15) is 5.75 Å². The third-order valence-corrected chi connectivity index (χ3v) is 3.04. The molecule has 0 heterocycles. The number of rotatable bonds is 2. The quantitative estimate of drug-likeness (QED) is 0.785. The number of phenols is 1. The molecule has 0 amide bonds. The smallest absolute Gasteiger partial charge is 0.170 e. The van der Waals surface area contributed by atoms with E-state index < -0.39 is 17.1 Å². The molecule has 1 saturated carbocycles. The molecule has 0 unspecified atom stereocenters. The molecule has 1 aliphatic rings. The van der Waals surface area contributed by atoms with Gasteiger partial charge in [0.15, 0.2) is 11.6 Å². The second-order valence-corrected chi connectivity index (χ2v) is 4.02. The average Bonchev–Trinajstić information content (AvgIpc) is 2.18. The molecule has 0 aromatic heterocycles. The third kappa shape index (κ3) is 1.55. The Balaban J connectivity index is 2.49. The van der Waals surface area contributed by atoms with Crippen LogP contribution in [0.3, 0.4) is 0 Å². The van der Waals surface area contributed by atoms with Crippen molar-refractivity contribution >= 4 is 0 Å². The van der Waals surface area contributed by atoms with Gasteiger partial charge in [0, 0.05) is 17.2 Å². The first-order valence-electron chi connectivity index (χ1n) is 4.93. The van der Waals surface area contributed by atoms with Gasteiger partial charge in [-0.1, -0.05) is 0 Å². The lowest BCUT2D eigenvalue weighted by Gasteiger charge is -2.38. The van der Waals surface area contributed by atoms with Gasteiger partial charge in [-0.2, -0.15) is 0 Å².